The first kappa shape index (κ1) is 95.8. The number of ketones is 3. The number of aromatic nitrogens is 6. The second kappa shape index (κ2) is 32.2. The summed E-state index contributed by atoms with van der Waals surface area (Å²) in [6, 6.07) is 42.6. The highest BCUT2D eigenvalue weighted by molar-refractivity contribution is 7.32. The van der Waals surface area contributed by atoms with Crippen LogP contribution in [0.25, 0.3) is 174 Å². The van der Waals surface area contributed by atoms with E-state index in [0.717, 1.165) is 119 Å². The van der Waals surface area contributed by atoms with Crippen molar-refractivity contribution in [3.8, 4) is 82.4 Å². The number of aliphatic hydroxyl groups is 1. The molecule has 17 heterocycles. The predicted octanol–water partition coefficient (Wildman–Crippen LogP) is 37.7. The number of aliphatic hydroxyl groups excluding tert-OH is 1. The van der Waals surface area contributed by atoms with Gasteiger partial charge in [0.2, 0.25) is 0 Å². The summed E-state index contributed by atoms with van der Waals surface area (Å²) in [5.41, 5.74) is 34.0. The van der Waals surface area contributed by atoms with E-state index in [1.807, 2.05) is 117 Å². The molecule has 22 aromatic rings. The van der Waals surface area contributed by atoms with Crippen LogP contribution in [-0.4, -0.2) is 51.5 Å². The van der Waals surface area contributed by atoms with E-state index in [9.17, 15) is 19.5 Å². The number of carbonyl (C=O) groups excluding carboxylic acids is 3. The van der Waals surface area contributed by atoms with E-state index in [1.165, 1.54) is 214 Å². The van der Waals surface area contributed by atoms with Crippen LogP contribution in [0.1, 0.15) is 285 Å². The molecule has 17 aromatic heterocycles. The number of hydrogen-bond acceptors (Lipinski definition) is 21. The quantitative estimate of drug-likeness (QED) is 0.180. The van der Waals surface area contributed by atoms with Gasteiger partial charge in [-0.15, -0.1) is 147 Å². The summed E-state index contributed by atoms with van der Waals surface area (Å²) < 4.78 is 16.2. The average Bonchev–Trinajstić information content (AvgIpc) is 1.49. The fourth-order valence-corrected chi connectivity index (χ4v) is 43.0. The number of hydrogen-bond donors (Lipinski definition) is 1. The summed E-state index contributed by atoms with van der Waals surface area (Å²) in [7, 11) is 0. The van der Waals surface area contributed by atoms with Gasteiger partial charge in [0.25, 0.3) is 0 Å². The van der Waals surface area contributed by atoms with Gasteiger partial charge in [-0.05, 0) is 252 Å². The summed E-state index contributed by atoms with van der Waals surface area (Å²) in [6.45, 7) is 64.1. The van der Waals surface area contributed by atoms with Crippen molar-refractivity contribution in [1.29, 1.82) is 0 Å². The summed E-state index contributed by atoms with van der Waals surface area (Å²) in [5.74, 6) is 1.84. The molecule has 0 aliphatic heterocycles. The molecule has 0 saturated heterocycles. The van der Waals surface area contributed by atoms with Crippen molar-refractivity contribution in [2.24, 2.45) is 11.8 Å². The van der Waals surface area contributed by atoms with E-state index in [1.54, 1.807) is 56.7 Å². The summed E-state index contributed by atoms with van der Waals surface area (Å²) in [5, 5.41) is 20.5. The van der Waals surface area contributed by atoms with Gasteiger partial charge in [-0.25, -0.2) is 9.97 Å². The van der Waals surface area contributed by atoms with Gasteiger partial charge in [0.05, 0.1) is 120 Å². The predicted molar refractivity (Wildman–Crippen MR) is 635 cm³/mol. The van der Waals surface area contributed by atoms with Gasteiger partial charge in [0.1, 0.15) is 0 Å². The van der Waals surface area contributed by atoms with Gasteiger partial charge >= 0.3 is 0 Å². The second-order valence-electron chi connectivity index (χ2n) is 46.2. The molecule has 5 aromatic carbocycles. The minimum Gasteiger partial charge on any atom is -0.392 e. The topological polar surface area (TPSA) is 133 Å². The second-order valence-corrected chi connectivity index (χ2v) is 61.2. The first-order chi connectivity index (χ1) is 69.1. The summed E-state index contributed by atoms with van der Waals surface area (Å²) in [6.07, 6.45) is 0. The minimum absolute atomic E-state index is 0.00492. The third kappa shape index (κ3) is 13.1. The fraction of sp³-hybridized carbons (Fsp3) is 0.325. The molecule has 0 unspecified atom stereocenters. The maximum atomic E-state index is 13.5. The van der Waals surface area contributed by atoms with Crippen molar-refractivity contribution in [1.82, 2.24) is 29.1 Å². The Kier molecular flexibility index (Phi) is 21.1. The van der Waals surface area contributed by atoms with Crippen LogP contribution in [0, 0.1) is 81.1 Å². The van der Waals surface area contributed by atoms with Crippen molar-refractivity contribution in [2.45, 2.75) is 251 Å². The van der Waals surface area contributed by atoms with E-state index >= 15 is 0 Å². The Morgan fingerprint density at radius 3 is 1.33 bits per heavy atom. The van der Waals surface area contributed by atoms with E-state index in [-0.39, 0.29) is 51.0 Å². The minimum atomic E-state index is -0.606. The molecule has 146 heavy (non-hydrogen) atoms. The van der Waals surface area contributed by atoms with Gasteiger partial charge in [0, 0.05) is 169 Å². The zero-order valence-corrected chi connectivity index (χ0v) is 98.0. The summed E-state index contributed by atoms with van der Waals surface area (Å²) in [4.78, 5) is 80.2. The summed E-state index contributed by atoms with van der Waals surface area (Å²) >= 11 is 24.0. The largest absolute Gasteiger partial charge is 0.392 e. The van der Waals surface area contributed by atoms with Gasteiger partial charge in [-0.2, -0.15) is 0 Å². The molecule has 1 N–H and O–H groups in total. The Morgan fingerprint density at radius 2 is 0.705 bits per heavy atom. The lowest BCUT2D eigenvalue weighted by Gasteiger charge is -2.32. The number of thiophene rings is 11. The molecule has 0 atom stereocenters. The molecule has 0 fully saturated rings. The van der Waals surface area contributed by atoms with E-state index in [0.29, 0.717) is 11.8 Å². The molecule has 0 spiro atoms. The number of thiazole rings is 2. The highest BCUT2D eigenvalue weighted by atomic mass is 32.1. The number of nitrogens with zero attached hydrogens (tertiary/aromatic N) is 6. The molecule has 23 heteroatoms. The lowest BCUT2D eigenvalue weighted by atomic mass is 9.69. The monoisotopic (exact) mass is 2150 g/mol. The number of rotatable bonds is 5. The first-order valence-corrected chi connectivity index (χ1v) is 61.2. The van der Waals surface area contributed by atoms with Crippen LogP contribution in [0.3, 0.4) is 0 Å². The number of aryl methyl sites for hydroxylation is 10. The van der Waals surface area contributed by atoms with Crippen molar-refractivity contribution in [3.63, 3.8) is 0 Å². The first-order valence-electron chi connectivity index (χ1n) is 50.5. The van der Waals surface area contributed by atoms with Crippen LogP contribution in [0.2, 0.25) is 0 Å². The zero-order valence-electron chi connectivity index (χ0n) is 87.4. The van der Waals surface area contributed by atoms with Gasteiger partial charge in [-0.1, -0.05) is 158 Å². The molecule has 0 saturated carbocycles. The molecule has 0 radical (unpaired) electrons. The van der Waals surface area contributed by atoms with Gasteiger partial charge in [-0.3, -0.25) is 24.4 Å². The van der Waals surface area contributed by atoms with E-state index in [2.05, 4.69) is 292 Å². The zero-order chi connectivity index (χ0) is 102. The SMILES string of the molecule is Cc1cc2c(s1)-c1ccc3c4c(sc3c1C(C)(C)C2=O)-c1sc(C)cc1C(=O)C4(C)C.Cc1cc2c(s1)-c1ccc3c4c(sc3c1C2=O)-c1sc(C)cc1C4(C)C.Cc1cc2c(s1)c1ccc3c(sc4c5sc(C)cc5n(CC(C)C)c34)c1n2CC(C)C.Cc1ccc2c(n1)-c1ccc3c4c(sc3c1C2(C)C)-c1nc(C)ccc1C4(C)C.Cc1nc2c(s1)-c1sc3c4c(c(CO)cc3c1C2(C)C)-c1sc(C)nc1C4(C)C. The standard InChI is InChI=1S/C26H28N2S3.C26H24N2S.C26H22O2S3.C23H22N2OS3.C22H16OS3/c1-13(2)11-27-19-9-15(5)29-23(19)17-7-8-18-22-26(31-24(18)21(17)27)25-20(10-16(6)30-25)28(22)12-14(3)4;1-13-7-11-17-21(27-13)15-9-10-16-20-24(29-23(16)19(15)25(17,3)4)22-18(26(20,5)6)12-8-14(2)28-22;1-11-9-15-19(29-11)13-7-8-14-18-22(31-20(14)17(13)25(3,4)23(15)27)21-16(10-12(2)30-21)24(28)26(18,5)6;1-9-24-20-17(27-9)13-11(8-26)7-12-14-18(29-16(12)15(13)23(20,5)6)19-21(22(14,3)4)25-10(2)28-19;1-9-7-13-17(23)15-11(18(13)24-9)5-6-12-16-21(26-19(12)15)20-14(22(16,3)4)8-10(2)25-20/h7-10,13-14H,11-12H2,1-6H3;7-12H,1-6H3;7-10H,1-6H3;7,26H,8H2,1-6H3;5-8H,1-4H3. The Hall–Kier alpha value is -9.77. The third-order valence-corrected chi connectivity index (χ3v) is 47.5. The van der Waals surface area contributed by atoms with Crippen LogP contribution in [-0.2, 0) is 57.6 Å². The Labute approximate surface area is 902 Å². The normalized spacial score (nSPS) is 16.3. The Balaban J connectivity index is 0.0000000928. The molecule has 8 aliphatic carbocycles. The Morgan fingerprint density at radius 1 is 0.288 bits per heavy atom. The molecular formula is C123H112N6O4S13. The van der Waals surface area contributed by atoms with E-state index in [4.69, 9.17) is 19.9 Å². The van der Waals surface area contributed by atoms with Gasteiger partial charge < -0.3 is 14.2 Å². The number of carbonyl (C=O) groups is 3. The number of fused-ring (bicyclic) bond motifs is 45. The van der Waals surface area contributed by atoms with Crippen molar-refractivity contribution >= 4 is 257 Å². The van der Waals surface area contributed by atoms with Gasteiger partial charge in [0.15, 0.2) is 17.3 Å². The third-order valence-electron chi connectivity index (χ3n) is 32.4. The smallest absolute Gasteiger partial charge is 0.196 e. The average molecular weight is 2160 g/mol. The highest BCUT2D eigenvalue weighted by Crippen LogP contribution is 2.67. The molecule has 10 nitrogen and oxygen atoms in total. The molecule has 0 bridgehead atoms. The van der Waals surface area contributed by atoms with E-state index < -0.39 is 10.8 Å². The number of benzene rings is 5. The molecule has 8 aliphatic rings. The van der Waals surface area contributed by atoms with Crippen molar-refractivity contribution in [2.75, 3.05) is 0 Å². The maximum Gasteiger partial charge on any atom is 0.196 e. The van der Waals surface area contributed by atoms with Crippen LogP contribution in [0.4, 0.5) is 0 Å². The lowest BCUT2D eigenvalue weighted by molar-refractivity contribution is 0.0901. The molecule has 0 amide bonds. The van der Waals surface area contributed by atoms with Crippen LogP contribution >= 0.6 is 147 Å². The number of pyridine rings is 2. The van der Waals surface area contributed by atoms with Crippen LogP contribution in [0.5, 0.6) is 0 Å². The fourth-order valence-electron chi connectivity index (χ4n) is 26.0. The Bertz CT molecular complexity index is 9680. The lowest BCUT2D eigenvalue weighted by Crippen LogP contribution is -2.33. The maximum absolute atomic E-state index is 13.5. The van der Waals surface area contributed by atoms with Crippen molar-refractivity contribution in [3.05, 3.63) is 261 Å². The molecule has 30 rings (SSSR count). The molecular weight excluding hydrogens is 2040 g/mol. The highest BCUT2D eigenvalue weighted by Gasteiger charge is 2.52. The van der Waals surface area contributed by atoms with Crippen LogP contribution < -0.4 is 0 Å². The molecule has 736 valence electrons. The van der Waals surface area contributed by atoms with Crippen LogP contribution in [0.15, 0.2) is 115 Å². The number of Topliss-reactive ketones (excluding diaryl/α,β-unsaturated/α-hetero) is 2. The van der Waals surface area contributed by atoms with Crippen molar-refractivity contribution < 1.29 is 19.5 Å².